The highest BCUT2D eigenvalue weighted by Gasteiger charge is 2.16. The Balaban J connectivity index is 1.22. The summed E-state index contributed by atoms with van der Waals surface area (Å²) in [5.74, 6) is 0.929. The smallest absolute Gasteiger partial charge is 0.220 e. The van der Waals surface area contributed by atoms with E-state index in [0.29, 0.717) is 6.54 Å². The van der Waals surface area contributed by atoms with E-state index in [9.17, 15) is 9.59 Å². The Morgan fingerprint density at radius 1 is 0.968 bits per heavy atom. The predicted octanol–water partition coefficient (Wildman–Crippen LogP) is 2.99. The van der Waals surface area contributed by atoms with Gasteiger partial charge in [-0.3, -0.25) is 9.59 Å². The zero-order valence-electron chi connectivity index (χ0n) is 18.4. The summed E-state index contributed by atoms with van der Waals surface area (Å²) in [7, 11) is 2.15. The van der Waals surface area contributed by atoms with Crippen LogP contribution < -0.4 is 10.2 Å². The highest BCUT2D eigenvalue weighted by Crippen LogP contribution is 2.23. The summed E-state index contributed by atoms with van der Waals surface area (Å²) in [5.41, 5.74) is 4.34. The number of fused-ring (bicyclic) bond motifs is 1. The van der Waals surface area contributed by atoms with Crippen molar-refractivity contribution in [1.29, 1.82) is 0 Å². The van der Waals surface area contributed by atoms with Gasteiger partial charge in [0.05, 0.1) is 0 Å². The first-order chi connectivity index (χ1) is 15.1. The first kappa shape index (κ1) is 21.5. The molecule has 31 heavy (non-hydrogen) atoms. The first-order valence-corrected chi connectivity index (χ1v) is 11.4. The summed E-state index contributed by atoms with van der Waals surface area (Å²) >= 11 is 0. The number of hydrogen-bond acceptors (Lipinski definition) is 5. The summed E-state index contributed by atoms with van der Waals surface area (Å²) in [6.07, 6.45) is 6.75. The van der Waals surface area contributed by atoms with E-state index in [1.165, 1.54) is 17.5 Å². The van der Waals surface area contributed by atoms with Gasteiger partial charge in [-0.1, -0.05) is 18.2 Å². The van der Waals surface area contributed by atoms with E-state index in [0.717, 1.165) is 62.4 Å². The molecule has 0 unspecified atom stereocenters. The summed E-state index contributed by atoms with van der Waals surface area (Å²) < 4.78 is 0. The molecular formula is C25H32N4O2. The molecule has 1 aromatic heterocycles. The fourth-order valence-electron chi connectivity index (χ4n) is 4.39. The molecule has 1 saturated heterocycles. The molecule has 0 radical (unpaired) electrons. The topological polar surface area (TPSA) is 65.5 Å². The molecule has 2 aromatic rings. The third-order valence-corrected chi connectivity index (χ3v) is 6.34. The van der Waals surface area contributed by atoms with E-state index in [1.807, 2.05) is 30.5 Å². The molecule has 0 atom stereocenters. The molecule has 6 heteroatoms. The molecule has 2 aliphatic rings. The molecule has 2 heterocycles. The number of pyridine rings is 1. The van der Waals surface area contributed by atoms with Gasteiger partial charge in [0.1, 0.15) is 5.82 Å². The Kier molecular flexibility index (Phi) is 6.97. The van der Waals surface area contributed by atoms with E-state index < -0.39 is 0 Å². The van der Waals surface area contributed by atoms with Crippen molar-refractivity contribution in [3.8, 4) is 0 Å². The number of anilines is 1. The second-order valence-electron chi connectivity index (χ2n) is 8.71. The minimum atomic E-state index is -0.103. The van der Waals surface area contributed by atoms with Crippen LogP contribution in [0.4, 0.5) is 5.82 Å². The molecule has 1 aromatic carbocycles. The number of benzene rings is 1. The number of carbonyl (C=O) groups is 2. The van der Waals surface area contributed by atoms with Gasteiger partial charge in [0, 0.05) is 50.8 Å². The number of aryl methyl sites for hydroxylation is 2. The SMILES string of the molecule is CN1CCCN(c2ccc(CNC(=O)CCC(=O)c3ccc4c(c3)CCC4)cn2)CC1. The van der Waals surface area contributed by atoms with Crippen molar-refractivity contribution in [2.75, 3.05) is 38.1 Å². The van der Waals surface area contributed by atoms with Crippen molar-refractivity contribution < 1.29 is 9.59 Å². The van der Waals surface area contributed by atoms with Crippen LogP contribution in [0.25, 0.3) is 0 Å². The number of nitrogens with zero attached hydrogens (tertiary/aromatic N) is 3. The number of Topliss-reactive ketones (excluding diaryl/α,β-unsaturated/α-hetero) is 1. The fraction of sp³-hybridized carbons (Fsp3) is 0.480. The number of hydrogen-bond donors (Lipinski definition) is 1. The Morgan fingerprint density at radius 3 is 2.68 bits per heavy atom. The Morgan fingerprint density at radius 2 is 1.84 bits per heavy atom. The van der Waals surface area contributed by atoms with E-state index in [1.54, 1.807) is 0 Å². The van der Waals surface area contributed by atoms with Crippen LogP contribution >= 0.6 is 0 Å². The molecule has 6 nitrogen and oxygen atoms in total. The maximum Gasteiger partial charge on any atom is 0.220 e. The summed E-state index contributed by atoms with van der Waals surface area (Å²) in [4.78, 5) is 33.9. The Bertz CT molecular complexity index is 926. The van der Waals surface area contributed by atoms with Crippen molar-refractivity contribution >= 4 is 17.5 Å². The molecule has 0 spiro atoms. The van der Waals surface area contributed by atoms with E-state index in [-0.39, 0.29) is 24.5 Å². The quantitative estimate of drug-likeness (QED) is 0.698. The summed E-state index contributed by atoms with van der Waals surface area (Å²) in [6.45, 7) is 4.60. The average molecular weight is 421 g/mol. The largest absolute Gasteiger partial charge is 0.355 e. The minimum absolute atomic E-state index is 0.0407. The third kappa shape index (κ3) is 5.70. The second-order valence-corrected chi connectivity index (χ2v) is 8.71. The predicted molar refractivity (Wildman–Crippen MR) is 122 cm³/mol. The summed E-state index contributed by atoms with van der Waals surface area (Å²) in [6, 6.07) is 10.0. The van der Waals surface area contributed by atoms with Gasteiger partial charge in [-0.25, -0.2) is 4.98 Å². The molecule has 1 fully saturated rings. The van der Waals surface area contributed by atoms with Crippen molar-refractivity contribution in [1.82, 2.24) is 15.2 Å². The molecule has 1 N–H and O–H groups in total. The maximum absolute atomic E-state index is 12.5. The number of aromatic nitrogens is 1. The lowest BCUT2D eigenvalue weighted by Crippen LogP contribution is -2.29. The average Bonchev–Trinajstić information content (AvgIpc) is 3.16. The zero-order chi connectivity index (χ0) is 21.6. The fourth-order valence-corrected chi connectivity index (χ4v) is 4.39. The first-order valence-electron chi connectivity index (χ1n) is 11.4. The van der Waals surface area contributed by atoms with E-state index >= 15 is 0 Å². The molecule has 4 rings (SSSR count). The van der Waals surface area contributed by atoms with E-state index in [2.05, 4.69) is 33.2 Å². The Labute approximate surface area is 184 Å². The van der Waals surface area contributed by atoms with Crippen LogP contribution in [-0.2, 0) is 24.2 Å². The second kappa shape index (κ2) is 10.1. The van der Waals surface area contributed by atoms with Crippen molar-refractivity contribution in [3.63, 3.8) is 0 Å². The number of likely N-dealkylation sites (N-methyl/N-ethyl adjacent to an activating group) is 1. The number of carbonyl (C=O) groups excluding carboxylic acids is 2. The van der Waals surface area contributed by atoms with Crippen LogP contribution in [0.3, 0.4) is 0 Å². The summed E-state index contributed by atoms with van der Waals surface area (Å²) in [5, 5.41) is 2.91. The van der Waals surface area contributed by atoms with Gasteiger partial charge in [0.25, 0.3) is 0 Å². The van der Waals surface area contributed by atoms with Crippen molar-refractivity contribution in [3.05, 3.63) is 58.8 Å². The van der Waals surface area contributed by atoms with Crippen LogP contribution in [0.5, 0.6) is 0 Å². The van der Waals surface area contributed by atoms with Gasteiger partial charge < -0.3 is 15.1 Å². The molecule has 1 aliphatic heterocycles. The zero-order valence-corrected chi connectivity index (χ0v) is 18.4. The van der Waals surface area contributed by atoms with Crippen LogP contribution in [0.15, 0.2) is 36.5 Å². The third-order valence-electron chi connectivity index (χ3n) is 6.34. The van der Waals surface area contributed by atoms with Crippen LogP contribution in [0, 0.1) is 0 Å². The molecule has 0 saturated carbocycles. The number of amides is 1. The van der Waals surface area contributed by atoms with Gasteiger partial charge in [-0.15, -0.1) is 0 Å². The lowest BCUT2D eigenvalue weighted by Gasteiger charge is -2.21. The lowest BCUT2D eigenvalue weighted by atomic mass is 10.0. The van der Waals surface area contributed by atoms with Crippen LogP contribution in [0.1, 0.15) is 52.7 Å². The maximum atomic E-state index is 12.5. The van der Waals surface area contributed by atoms with Gasteiger partial charge in [0.15, 0.2) is 5.78 Å². The van der Waals surface area contributed by atoms with E-state index in [4.69, 9.17) is 0 Å². The Hall–Kier alpha value is -2.73. The van der Waals surface area contributed by atoms with Crippen molar-refractivity contribution in [2.24, 2.45) is 0 Å². The molecule has 164 valence electrons. The highest BCUT2D eigenvalue weighted by atomic mass is 16.2. The lowest BCUT2D eigenvalue weighted by molar-refractivity contribution is -0.121. The van der Waals surface area contributed by atoms with Crippen LogP contribution in [0.2, 0.25) is 0 Å². The standard InChI is InChI=1S/C25H32N4O2/c1-28-12-3-13-29(15-14-28)24-10-6-19(17-26-24)18-27-25(31)11-9-23(30)22-8-7-20-4-2-5-21(20)16-22/h6-8,10,16-17H,2-5,9,11-15,18H2,1H3,(H,27,31). The van der Waals surface area contributed by atoms with Gasteiger partial charge >= 0.3 is 0 Å². The number of nitrogens with one attached hydrogen (secondary N) is 1. The van der Waals surface area contributed by atoms with Gasteiger partial charge in [-0.2, -0.15) is 0 Å². The number of ketones is 1. The monoisotopic (exact) mass is 420 g/mol. The normalized spacial score (nSPS) is 16.6. The van der Waals surface area contributed by atoms with Crippen LogP contribution in [-0.4, -0.2) is 54.8 Å². The highest BCUT2D eigenvalue weighted by molar-refractivity contribution is 5.98. The molecule has 1 amide bonds. The van der Waals surface area contributed by atoms with Crippen molar-refractivity contribution in [2.45, 2.75) is 45.1 Å². The molecule has 0 bridgehead atoms. The number of rotatable bonds is 7. The van der Waals surface area contributed by atoms with Gasteiger partial charge in [0.2, 0.25) is 5.91 Å². The minimum Gasteiger partial charge on any atom is -0.355 e. The molecular weight excluding hydrogens is 388 g/mol. The van der Waals surface area contributed by atoms with Gasteiger partial charge in [-0.05, 0) is 68.1 Å². The molecule has 1 aliphatic carbocycles.